The maximum atomic E-state index is 13.2. The van der Waals surface area contributed by atoms with Gasteiger partial charge < -0.3 is 0 Å². The van der Waals surface area contributed by atoms with Gasteiger partial charge in [0.2, 0.25) is 0 Å². The molecule has 2 rings (SSSR count). The number of aromatic nitrogens is 1. The number of benzene rings is 1. The first kappa shape index (κ1) is 9.65. The summed E-state index contributed by atoms with van der Waals surface area (Å²) < 4.78 is 13.2. The molecule has 0 amide bonds. The van der Waals surface area contributed by atoms with E-state index in [0.29, 0.717) is 12.1 Å². The molecule has 0 saturated carbocycles. The Balaban J connectivity index is 2.03. The van der Waals surface area contributed by atoms with Crippen LogP contribution in [0.2, 0.25) is 0 Å². The topological polar surface area (TPSA) is 27.0 Å². The highest BCUT2D eigenvalue weighted by Gasteiger charge is 2.00. The standard InChI is InChI=1S/C12H10FN2/c13-12-4-2-1-3-10(12)9-15-11-5-7-14-8-6-11/h1-8H,9H2. The molecule has 0 atom stereocenters. The molecule has 1 aromatic heterocycles. The molecule has 2 aromatic rings. The molecule has 3 heteroatoms. The smallest absolute Gasteiger partial charge is 0.128 e. The number of nitrogens with zero attached hydrogens (tertiary/aromatic N) is 2. The zero-order chi connectivity index (χ0) is 10.5. The number of hydrogen-bond acceptors (Lipinski definition) is 1. The van der Waals surface area contributed by atoms with Crippen LogP contribution in [0.3, 0.4) is 0 Å². The molecule has 0 aliphatic carbocycles. The lowest BCUT2D eigenvalue weighted by molar-refractivity contribution is 0.603. The number of hydrogen-bond donors (Lipinski definition) is 0. The average molecular weight is 201 g/mol. The largest absolute Gasteiger partial charge is 0.280 e. The van der Waals surface area contributed by atoms with Crippen LogP contribution < -0.4 is 5.32 Å². The van der Waals surface area contributed by atoms with Crippen molar-refractivity contribution in [3.8, 4) is 0 Å². The fourth-order valence-corrected chi connectivity index (χ4v) is 1.25. The van der Waals surface area contributed by atoms with E-state index in [-0.39, 0.29) is 5.82 Å². The van der Waals surface area contributed by atoms with Crippen LogP contribution in [-0.2, 0) is 6.54 Å². The summed E-state index contributed by atoms with van der Waals surface area (Å²) >= 11 is 0. The minimum atomic E-state index is -0.213. The van der Waals surface area contributed by atoms with Crippen LogP contribution in [0.1, 0.15) is 5.56 Å². The molecule has 75 valence electrons. The molecular formula is C12H10FN2. The first-order chi connectivity index (χ1) is 7.36. The van der Waals surface area contributed by atoms with Crippen molar-refractivity contribution in [3.05, 3.63) is 60.2 Å². The number of halogens is 1. The van der Waals surface area contributed by atoms with Gasteiger partial charge in [0, 0.05) is 18.0 Å². The molecule has 0 saturated heterocycles. The molecule has 0 unspecified atom stereocenters. The molecule has 1 aromatic carbocycles. The lowest BCUT2D eigenvalue weighted by Crippen LogP contribution is -2.00. The van der Waals surface area contributed by atoms with Crippen LogP contribution in [0.4, 0.5) is 10.1 Å². The average Bonchev–Trinajstić information content (AvgIpc) is 2.29. The number of rotatable bonds is 3. The SMILES string of the molecule is Fc1ccccc1C[N]c1ccncc1. The van der Waals surface area contributed by atoms with Crippen LogP contribution in [-0.4, -0.2) is 4.98 Å². The molecular weight excluding hydrogens is 191 g/mol. The van der Waals surface area contributed by atoms with E-state index >= 15 is 0 Å². The Labute approximate surface area is 87.8 Å². The molecule has 0 spiro atoms. The Morgan fingerprint density at radius 3 is 2.53 bits per heavy atom. The zero-order valence-corrected chi connectivity index (χ0v) is 8.10. The molecule has 1 radical (unpaired) electrons. The summed E-state index contributed by atoms with van der Waals surface area (Å²) in [4.78, 5) is 3.88. The fourth-order valence-electron chi connectivity index (χ4n) is 1.25. The van der Waals surface area contributed by atoms with Gasteiger partial charge in [-0.3, -0.25) is 10.3 Å². The molecule has 1 heterocycles. The van der Waals surface area contributed by atoms with Crippen molar-refractivity contribution in [2.45, 2.75) is 6.54 Å². The molecule has 0 bridgehead atoms. The zero-order valence-electron chi connectivity index (χ0n) is 8.10. The Bertz CT molecular complexity index is 429. The third kappa shape index (κ3) is 2.53. The van der Waals surface area contributed by atoms with Crippen LogP contribution in [0.25, 0.3) is 0 Å². The molecule has 15 heavy (non-hydrogen) atoms. The number of pyridine rings is 1. The van der Waals surface area contributed by atoms with Gasteiger partial charge in [-0.1, -0.05) is 18.2 Å². The Morgan fingerprint density at radius 1 is 1.07 bits per heavy atom. The highest BCUT2D eigenvalue weighted by molar-refractivity contribution is 5.33. The van der Waals surface area contributed by atoms with Gasteiger partial charge in [0.15, 0.2) is 0 Å². The first-order valence-corrected chi connectivity index (χ1v) is 4.67. The monoisotopic (exact) mass is 201 g/mol. The summed E-state index contributed by atoms with van der Waals surface area (Å²) in [6.07, 6.45) is 3.33. The summed E-state index contributed by atoms with van der Waals surface area (Å²) in [5.74, 6) is -0.213. The highest BCUT2D eigenvalue weighted by atomic mass is 19.1. The van der Waals surface area contributed by atoms with Gasteiger partial charge in [-0.05, 0) is 18.2 Å². The van der Waals surface area contributed by atoms with Crippen LogP contribution in [0.15, 0.2) is 48.8 Å². The second-order valence-corrected chi connectivity index (χ2v) is 3.11. The van der Waals surface area contributed by atoms with Crippen molar-refractivity contribution < 1.29 is 4.39 Å². The van der Waals surface area contributed by atoms with Gasteiger partial charge in [0.05, 0.1) is 12.2 Å². The van der Waals surface area contributed by atoms with Gasteiger partial charge in [-0.25, -0.2) is 4.39 Å². The van der Waals surface area contributed by atoms with E-state index in [1.165, 1.54) is 6.07 Å². The molecule has 0 N–H and O–H groups in total. The minimum absolute atomic E-state index is 0.213. The molecule has 0 aliphatic rings. The molecule has 0 aliphatic heterocycles. The Morgan fingerprint density at radius 2 is 1.80 bits per heavy atom. The summed E-state index contributed by atoms with van der Waals surface area (Å²) in [5.41, 5.74) is 1.42. The summed E-state index contributed by atoms with van der Waals surface area (Å²) in [7, 11) is 0. The van der Waals surface area contributed by atoms with Crippen molar-refractivity contribution in [1.29, 1.82) is 0 Å². The van der Waals surface area contributed by atoms with Crippen LogP contribution in [0, 0.1) is 5.82 Å². The van der Waals surface area contributed by atoms with E-state index in [1.54, 1.807) is 42.7 Å². The quantitative estimate of drug-likeness (QED) is 0.750. The van der Waals surface area contributed by atoms with Gasteiger partial charge in [-0.2, -0.15) is 0 Å². The second-order valence-electron chi connectivity index (χ2n) is 3.11. The van der Waals surface area contributed by atoms with Crippen LogP contribution in [0.5, 0.6) is 0 Å². The van der Waals surface area contributed by atoms with Gasteiger partial charge in [-0.15, -0.1) is 0 Å². The van der Waals surface area contributed by atoms with E-state index in [9.17, 15) is 4.39 Å². The predicted octanol–water partition coefficient (Wildman–Crippen LogP) is 2.66. The highest BCUT2D eigenvalue weighted by Crippen LogP contribution is 2.10. The van der Waals surface area contributed by atoms with Crippen molar-refractivity contribution in [2.75, 3.05) is 0 Å². The third-order valence-corrected chi connectivity index (χ3v) is 2.05. The second kappa shape index (κ2) is 4.55. The first-order valence-electron chi connectivity index (χ1n) is 4.67. The van der Waals surface area contributed by atoms with E-state index in [1.807, 2.05) is 0 Å². The van der Waals surface area contributed by atoms with Crippen molar-refractivity contribution in [3.63, 3.8) is 0 Å². The summed E-state index contributed by atoms with van der Waals surface area (Å²) in [6.45, 7) is 0.358. The van der Waals surface area contributed by atoms with Gasteiger partial charge >= 0.3 is 0 Å². The molecule has 2 nitrogen and oxygen atoms in total. The van der Waals surface area contributed by atoms with Crippen molar-refractivity contribution in [2.24, 2.45) is 0 Å². The summed E-state index contributed by atoms with van der Waals surface area (Å²) in [6, 6.07) is 10.2. The van der Waals surface area contributed by atoms with E-state index < -0.39 is 0 Å². The van der Waals surface area contributed by atoms with Gasteiger partial charge in [0.1, 0.15) is 5.82 Å². The normalized spacial score (nSPS) is 9.93. The maximum Gasteiger partial charge on any atom is 0.128 e. The Kier molecular flexibility index (Phi) is 2.93. The van der Waals surface area contributed by atoms with Crippen molar-refractivity contribution in [1.82, 2.24) is 10.3 Å². The lowest BCUT2D eigenvalue weighted by Gasteiger charge is -2.03. The van der Waals surface area contributed by atoms with E-state index in [2.05, 4.69) is 10.3 Å². The van der Waals surface area contributed by atoms with Crippen LogP contribution >= 0.6 is 0 Å². The van der Waals surface area contributed by atoms with Gasteiger partial charge in [0.25, 0.3) is 0 Å². The fraction of sp³-hybridized carbons (Fsp3) is 0.0833. The van der Waals surface area contributed by atoms with E-state index in [4.69, 9.17) is 0 Å². The third-order valence-electron chi connectivity index (χ3n) is 2.05. The van der Waals surface area contributed by atoms with E-state index in [0.717, 1.165) is 5.69 Å². The lowest BCUT2D eigenvalue weighted by atomic mass is 10.2. The summed E-state index contributed by atoms with van der Waals surface area (Å²) in [5, 5.41) is 4.26. The Hall–Kier alpha value is -1.90. The van der Waals surface area contributed by atoms with Crippen molar-refractivity contribution >= 4 is 5.69 Å². The minimum Gasteiger partial charge on any atom is -0.280 e. The predicted molar refractivity (Wildman–Crippen MR) is 56.1 cm³/mol. The molecule has 0 fully saturated rings. The maximum absolute atomic E-state index is 13.2.